The number of halogens is 4. The van der Waals surface area contributed by atoms with Crippen molar-refractivity contribution in [3.8, 4) is 0 Å². The van der Waals surface area contributed by atoms with E-state index in [1.165, 1.54) is 6.08 Å². The molecule has 0 aliphatic heterocycles. The molecule has 0 rings (SSSR count). The zero-order valence-corrected chi connectivity index (χ0v) is 5.99. The van der Waals surface area contributed by atoms with Gasteiger partial charge in [0.15, 0.2) is 12.8 Å². The summed E-state index contributed by atoms with van der Waals surface area (Å²) < 4.78 is 47.9. The molecule has 0 aromatic rings. The van der Waals surface area contributed by atoms with Crippen LogP contribution in [0.5, 0.6) is 0 Å². The summed E-state index contributed by atoms with van der Waals surface area (Å²) in [7, 11) is 0. The minimum atomic E-state index is -3.83. The Bertz CT molecular complexity index is 122. The van der Waals surface area contributed by atoms with Crippen molar-refractivity contribution >= 4 is 0 Å². The van der Waals surface area contributed by atoms with Crippen LogP contribution in [0.2, 0.25) is 0 Å². The molecule has 0 bridgehead atoms. The fourth-order valence-corrected chi connectivity index (χ4v) is 0.559. The average Bonchev–Trinajstić information content (AvgIpc) is 2.00. The van der Waals surface area contributed by atoms with Gasteiger partial charge in [-0.1, -0.05) is 6.08 Å². The lowest BCUT2D eigenvalue weighted by Gasteiger charge is -2.15. The topological polar surface area (TPSA) is 0 Å². The smallest absolute Gasteiger partial charge is 0.244 e. The maximum atomic E-state index is 12.3. The maximum Gasteiger partial charge on any atom is 0.306 e. The third-order valence-electron chi connectivity index (χ3n) is 1.26. The third kappa shape index (κ3) is 3.39. The largest absolute Gasteiger partial charge is 0.306 e. The standard InChI is InChI=1S/C7H10F4/c1-2-3-4-6(9)7(10,11)5-8/h2,6H,1,3-5H2. The van der Waals surface area contributed by atoms with E-state index in [0.717, 1.165) is 0 Å². The van der Waals surface area contributed by atoms with Crippen molar-refractivity contribution in [2.45, 2.75) is 24.9 Å². The number of rotatable bonds is 5. The minimum Gasteiger partial charge on any atom is -0.244 e. The predicted octanol–water partition coefficient (Wildman–Crippen LogP) is 2.90. The second-order valence-electron chi connectivity index (χ2n) is 2.23. The Labute approximate surface area is 62.9 Å². The molecule has 0 spiro atoms. The second-order valence-corrected chi connectivity index (χ2v) is 2.23. The van der Waals surface area contributed by atoms with Crippen LogP contribution in [0, 0.1) is 0 Å². The molecule has 0 saturated heterocycles. The fraction of sp³-hybridized carbons (Fsp3) is 0.714. The van der Waals surface area contributed by atoms with E-state index in [0.29, 0.717) is 0 Å². The Hall–Kier alpha value is -0.540. The summed E-state index contributed by atoms with van der Waals surface area (Å²) in [4.78, 5) is 0. The molecule has 1 unspecified atom stereocenters. The van der Waals surface area contributed by atoms with Gasteiger partial charge in [-0.3, -0.25) is 0 Å². The van der Waals surface area contributed by atoms with Crippen LogP contribution in [-0.4, -0.2) is 18.8 Å². The first-order valence-corrected chi connectivity index (χ1v) is 3.23. The molecule has 1 atom stereocenters. The molecule has 0 fully saturated rings. The molecular formula is C7H10F4. The highest BCUT2D eigenvalue weighted by Gasteiger charge is 2.39. The van der Waals surface area contributed by atoms with Crippen LogP contribution in [0.25, 0.3) is 0 Å². The van der Waals surface area contributed by atoms with E-state index in [1.807, 2.05) is 0 Å². The number of allylic oxidation sites excluding steroid dienone is 1. The molecule has 0 radical (unpaired) electrons. The summed E-state index contributed by atoms with van der Waals surface area (Å²) >= 11 is 0. The molecule has 0 nitrogen and oxygen atoms in total. The number of hydrogen-bond donors (Lipinski definition) is 0. The van der Waals surface area contributed by atoms with Gasteiger partial charge in [-0.25, -0.2) is 17.6 Å². The van der Waals surface area contributed by atoms with Crippen LogP contribution in [0.3, 0.4) is 0 Å². The van der Waals surface area contributed by atoms with Gasteiger partial charge < -0.3 is 0 Å². The van der Waals surface area contributed by atoms with Gasteiger partial charge in [0.25, 0.3) is 0 Å². The van der Waals surface area contributed by atoms with Gasteiger partial charge in [-0.2, -0.15) is 0 Å². The lowest BCUT2D eigenvalue weighted by atomic mass is 10.1. The Morgan fingerprint density at radius 1 is 1.45 bits per heavy atom. The molecule has 0 saturated carbocycles. The normalized spacial score (nSPS) is 14.5. The second kappa shape index (κ2) is 4.36. The molecule has 0 heterocycles. The monoisotopic (exact) mass is 170 g/mol. The Morgan fingerprint density at radius 3 is 2.36 bits per heavy atom. The molecule has 0 N–H and O–H groups in total. The first-order chi connectivity index (χ1) is 5.04. The summed E-state index contributed by atoms with van der Waals surface area (Å²) in [5.74, 6) is -3.83. The van der Waals surface area contributed by atoms with Crippen molar-refractivity contribution in [1.82, 2.24) is 0 Å². The fourth-order valence-electron chi connectivity index (χ4n) is 0.559. The molecule has 66 valence electrons. The first kappa shape index (κ1) is 10.5. The Balaban J connectivity index is 3.80. The van der Waals surface area contributed by atoms with Crippen LogP contribution < -0.4 is 0 Å². The molecule has 0 amide bonds. The molecule has 0 aromatic heterocycles. The van der Waals surface area contributed by atoms with E-state index in [2.05, 4.69) is 6.58 Å². The van der Waals surface area contributed by atoms with Crippen molar-refractivity contribution in [3.63, 3.8) is 0 Å². The van der Waals surface area contributed by atoms with Gasteiger partial charge in [0.1, 0.15) is 0 Å². The van der Waals surface area contributed by atoms with Gasteiger partial charge in [0.2, 0.25) is 0 Å². The van der Waals surface area contributed by atoms with Crippen LogP contribution in [-0.2, 0) is 0 Å². The summed E-state index contributed by atoms with van der Waals surface area (Å²) in [6.45, 7) is 1.30. The van der Waals surface area contributed by atoms with Crippen molar-refractivity contribution < 1.29 is 17.6 Å². The van der Waals surface area contributed by atoms with E-state index < -0.39 is 18.8 Å². The van der Waals surface area contributed by atoms with E-state index in [4.69, 9.17) is 0 Å². The third-order valence-corrected chi connectivity index (χ3v) is 1.26. The minimum absolute atomic E-state index is 0.136. The van der Waals surface area contributed by atoms with Crippen LogP contribution in [0.1, 0.15) is 12.8 Å². The van der Waals surface area contributed by atoms with Gasteiger partial charge in [-0.15, -0.1) is 6.58 Å². The number of alkyl halides is 4. The highest BCUT2D eigenvalue weighted by atomic mass is 19.3. The van der Waals surface area contributed by atoms with E-state index in [9.17, 15) is 17.6 Å². The zero-order valence-electron chi connectivity index (χ0n) is 5.99. The molecule has 0 aliphatic rings. The van der Waals surface area contributed by atoms with Crippen LogP contribution in [0.15, 0.2) is 12.7 Å². The van der Waals surface area contributed by atoms with Crippen molar-refractivity contribution in [1.29, 1.82) is 0 Å². The highest BCUT2D eigenvalue weighted by molar-refractivity contribution is 4.79. The van der Waals surface area contributed by atoms with E-state index in [-0.39, 0.29) is 12.8 Å². The van der Waals surface area contributed by atoms with Crippen molar-refractivity contribution in [3.05, 3.63) is 12.7 Å². The quantitative estimate of drug-likeness (QED) is 0.439. The van der Waals surface area contributed by atoms with Crippen molar-refractivity contribution in [2.75, 3.05) is 6.67 Å². The Morgan fingerprint density at radius 2 is 2.00 bits per heavy atom. The maximum absolute atomic E-state index is 12.3. The summed E-state index contributed by atoms with van der Waals surface area (Å²) in [6.07, 6.45) is -1.32. The molecule has 4 heteroatoms. The summed E-state index contributed by atoms with van der Waals surface area (Å²) in [5.41, 5.74) is 0. The van der Waals surface area contributed by atoms with Crippen molar-refractivity contribution in [2.24, 2.45) is 0 Å². The van der Waals surface area contributed by atoms with E-state index >= 15 is 0 Å². The number of hydrogen-bond acceptors (Lipinski definition) is 0. The molecule has 11 heavy (non-hydrogen) atoms. The van der Waals surface area contributed by atoms with Gasteiger partial charge >= 0.3 is 5.92 Å². The molecule has 0 aliphatic carbocycles. The lowest BCUT2D eigenvalue weighted by Crippen LogP contribution is -2.32. The summed E-state index contributed by atoms with van der Waals surface area (Å²) in [6, 6.07) is 0. The van der Waals surface area contributed by atoms with Gasteiger partial charge in [-0.05, 0) is 12.8 Å². The lowest BCUT2D eigenvalue weighted by molar-refractivity contribution is -0.0897. The van der Waals surface area contributed by atoms with Gasteiger partial charge in [0.05, 0.1) is 0 Å². The predicted molar refractivity (Wildman–Crippen MR) is 35.2 cm³/mol. The Kier molecular flexibility index (Phi) is 4.15. The SMILES string of the molecule is C=CCCC(F)C(F)(F)CF. The highest BCUT2D eigenvalue weighted by Crippen LogP contribution is 2.25. The molecular weight excluding hydrogens is 160 g/mol. The molecule has 0 aromatic carbocycles. The summed E-state index contributed by atoms with van der Waals surface area (Å²) in [5, 5.41) is 0. The van der Waals surface area contributed by atoms with E-state index in [1.54, 1.807) is 0 Å². The average molecular weight is 170 g/mol. The zero-order chi connectivity index (χ0) is 8.91. The van der Waals surface area contributed by atoms with Gasteiger partial charge in [0, 0.05) is 0 Å². The van der Waals surface area contributed by atoms with Crippen LogP contribution >= 0.6 is 0 Å². The first-order valence-electron chi connectivity index (χ1n) is 3.23. The van der Waals surface area contributed by atoms with Crippen LogP contribution in [0.4, 0.5) is 17.6 Å².